The van der Waals surface area contributed by atoms with Gasteiger partial charge >= 0.3 is 0 Å². The van der Waals surface area contributed by atoms with Crippen molar-refractivity contribution in [3.05, 3.63) is 69.7 Å². The van der Waals surface area contributed by atoms with Gasteiger partial charge in [-0.15, -0.1) is 0 Å². The molecule has 0 bridgehead atoms. The quantitative estimate of drug-likeness (QED) is 0.874. The lowest BCUT2D eigenvalue weighted by molar-refractivity contribution is -0.139. The number of ether oxygens (including phenoxy) is 1. The normalized spacial score (nSPS) is 18.8. The Morgan fingerprint density at radius 1 is 1.20 bits per heavy atom. The van der Waals surface area contributed by atoms with Gasteiger partial charge in [-0.3, -0.25) is 4.79 Å². The summed E-state index contributed by atoms with van der Waals surface area (Å²) in [5.74, 6) is 0.0321. The van der Waals surface area contributed by atoms with E-state index in [9.17, 15) is 4.79 Å². The summed E-state index contributed by atoms with van der Waals surface area (Å²) in [5, 5.41) is 0.986. The van der Waals surface area contributed by atoms with Gasteiger partial charge in [0.1, 0.15) is 6.10 Å². The number of rotatable bonds is 4. The lowest BCUT2D eigenvalue weighted by Crippen LogP contribution is -2.43. The van der Waals surface area contributed by atoms with Crippen LogP contribution in [0.4, 0.5) is 0 Å². The van der Waals surface area contributed by atoms with Crippen LogP contribution in [0, 0.1) is 0 Å². The first-order valence-corrected chi connectivity index (χ1v) is 8.95. The molecule has 6 heteroatoms. The summed E-state index contributed by atoms with van der Waals surface area (Å²) in [7, 11) is 0. The van der Waals surface area contributed by atoms with E-state index in [1.54, 1.807) is 17.0 Å². The van der Waals surface area contributed by atoms with Crippen LogP contribution < -0.4 is 5.73 Å². The second-order valence-electron chi connectivity index (χ2n) is 6.09. The number of benzene rings is 2. The fourth-order valence-corrected chi connectivity index (χ4v) is 3.23. The molecule has 1 saturated heterocycles. The predicted octanol–water partition coefficient (Wildman–Crippen LogP) is 3.98. The standard InChI is InChI=1S/C19H20Cl2N2O2/c20-15-7-6-14(10-16(15)21)18-12-23(8-9-25-18)19(24)11-17(22)13-4-2-1-3-5-13/h1-7,10,17-18H,8-9,11-12,22H2. The fraction of sp³-hybridized carbons (Fsp3) is 0.316. The van der Waals surface area contributed by atoms with Crippen molar-refractivity contribution in [2.24, 2.45) is 5.73 Å². The lowest BCUT2D eigenvalue weighted by Gasteiger charge is -2.34. The van der Waals surface area contributed by atoms with Gasteiger partial charge in [-0.25, -0.2) is 0 Å². The van der Waals surface area contributed by atoms with Crippen LogP contribution in [0.25, 0.3) is 0 Å². The average Bonchev–Trinajstić information content (AvgIpc) is 2.64. The summed E-state index contributed by atoms with van der Waals surface area (Å²) in [4.78, 5) is 14.4. The number of carbonyl (C=O) groups excluding carboxylic acids is 1. The monoisotopic (exact) mass is 378 g/mol. The van der Waals surface area contributed by atoms with Crippen molar-refractivity contribution in [2.45, 2.75) is 18.6 Å². The summed E-state index contributed by atoms with van der Waals surface area (Å²) in [6.45, 7) is 1.54. The van der Waals surface area contributed by atoms with E-state index in [0.29, 0.717) is 29.7 Å². The van der Waals surface area contributed by atoms with E-state index in [2.05, 4.69) is 0 Å². The fourth-order valence-electron chi connectivity index (χ4n) is 2.93. The maximum absolute atomic E-state index is 12.6. The van der Waals surface area contributed by atoms with E-state index in [4.69, 9.17) is 33.7 Å². The molecule has 1 aliphatic heterocycles. The minimum absolute atomic E-state index is 0.0321. The minimum atomic E-state index is -0.306. The molecule has 0 radical (unpaired) electrons. The minimum Gasteiger partial charge on any atom is -0.370 e. The van der Waals surface area contributed by atoms with Gasteiger partial charge in [-0.1, -0.05) is 59.6 Å². The van der Waals surface area contributed by atoms with E-state index < -0.39 is 0 Å². The number of nitrogens with zero attached hydrogens (tertiary/aromatic N) is 1. The third-order valence-electron chi connectivity index (χ3n) is 4.36. The first kappa shape index (κ1) is 18.2. The molecule has 0 spiro atoms. The van der Waals surface area contributed by atoms with Gasteiger partial charge in [-0.2, -0.15) is 0 Å². The van der Waals surface area contributed by atoms with Crippen LogP contribution in [0.15, 0.2) is 48.5 Å². The Hall–Kier alpha value is -1.59. The Morgan fingerprint density at radius 3 is 2.68 bits per heavy atom. The van der Waals surface area contributed by atoms with Crippen molar-refractivity contribution in [1.29, 1.82) is 0 Å². The van der Waals surface area contributed by atoms with E-state index in [0.717, 1.165) is 11.1 Å². The lowest BCUT2D eigenvalue weighted by atomic mass is 10.0. The van der Waals surface area contributed by atoms with Gasteiger partial charge in [0.15, 0.2) is 0 Å². The van der Waals surface area contributed by atoms with E-state index in [-0.39, 0.29) is 24.5 Å². The van der Waals surface area contributed by atoms with Crippen LogP contribution in [0.3, 0.4) is 0 Å². The number of hydrogen-bond donors (Lipinski definition) is 1. The predicted molar refractivity (Wildman–Crippen MR) is 99.7 cm³/mol. The summed E-state index contributed by atoms with van der Waals surface area (Å²) < 4.78 is 5.80. The highest BCUT2D eigenvalue weighted by Crippen LogP contribution is 2.29. The molecule has 1 amide bonds. The van der Waals surface area contributed by atoms with Crippen molar-refractivity contribution in [1.82, 2.24) is 4.90 Å². The first-order chi connectivity index (χ1) is 12.0. The molecule has 132 valence electrons. The molecule has 1 aliphatic rings. The third-order valence-corrected chi connectivity index (χ3v) is 5.10. The van der Waals surface area contributed by atoms with Crippen LogP contribution in [0.1, 0.15) is 29.7 Å². The second kappa shape index (κ2) is 8.19. The highest BCUT2D eigenvalue weighted by atomic mass is 35.5. The highest BCUT2D eigenvalue weighted by molar-refractivity contribution is 6.42. The zero-order valence-corrected chi connectivity index (χ0v) is 15.2. The molecule has 3 rings (SSSR count). The summed E-state index contributed by atoms with van der Waals surface area (Å²) in [6, 6.07) is 14.8. The molecule has 2 aromatic carbocycles. The molecule has 0 aliphatic carbocycles. The molecule has 2 unspecified atom stereocenters. The molecule has 4 nitrogen and oxygen atoms in total. The molecule has 1 heterocycles. The van der Waals surface area contributed by atoms with Gasteiger partial charge in [0.2, 0.25) is 5.91 Å². The SMILES string of the molecule is NC(CC(=O)N1CCOC(c2ccc(Cl)c(Cl)c2)C1)c1ccccc1. The number of halogens is 2. The molecule has 0 aromatic heterocycles. The second-order valence-corrected chi connectivity index (χ2v) is 6.91. The smallest absolute Gasteiger partial charge is 0.224 e. The maximum Gasteiger partial charge on any atom is 0.224 e. The van der Waals surface area contributed by atoms with E-state index in [1.807, 2.05) is 36.4 Å². The van der Waals surface area contributed by atoms with Crippen molar-refractivity contribution in [3.8, 4) is 0 Å². The molecule has 2 atom stereocenters. The Labute approximate surface area is 157 Å². The number of nitrogens with two attached hydrogens (primary N) is 1. The largest absolute Gasteiger partial charge is 0.370 e. The third kappa shape index (κ3) is 4.53. The van der Waals surface area contributed by atoms with Gasteiger partial charge in [0.05, 0.1) is 23.2 Å². The van der Waals surface area contributed by atoms with Crippen LogP contribution in [0.2, 0.25) is 10.0 Å². The summed E-state index contributed by atoms with van der Waals surface area (Å²) >= 11 is 12.0. The summed E-state index contributed by atoms with van der Waals surface area (Å²) in [6.07, 6.45) is 0.0680. The van der Waals surface area contributed by atoms with Gasteiger partial charge in [-0.05, 0) is 23.3 Å². The van der Waals surface area contributed by atoms with Gasteiger partial charge < -0.3 is 15.4 Å². The highest BCUT2D eigenvalue weighted by Gasteiger charge is 2.26. The number of carbonyl (C=O) groups is 1. The Bertz CT molecular complexity index is 739. The van der Waals surface area contributed by atoms with Crippen molar-refractivity contribution in [2.75, 3.05) is 19.7 Å². The molecule has 0 saturated carbocycles. The van der Waals surface area contributed by atoms with Gasteiger partial charge in [0.25, 0.3) is 0 Å². The zero-order chi connectivity index (χ0) is 17.8. The molecule has 25 heavy (non-hydrogen) atoms. The zero-order valence-electron chi connectivity index (χ0n) is 13.7. The van der Waals surface area contributed by atoms with Crippen LogP contribution in [0.5, 0.6) is 0 Å². The number of amides is 1. The Balaban J connectivity index is 1.64. The molecular weight excluding hydrogens is 359 g/mol. The maximum atomic E-state index is 12.6. The van der Waals surface area contributed by atoms with Crippen LogP contribution >= 0.6 is 23.2 Å². The van der Waals surface area contributed by atoms with E-state index in [1.165, 1.54) is 0 Å². The molecule has 2 N–H and O–H groups in total. The summed E-state index contributed by atoms with van der Waals surface area (Å²) in [5.41, 5.74) is 8.05. The topological polar surface area (TPSA) is 55.6 Å². The van der Waals surface area contributed by atoms with Crippen molar-refractivity contribution >= 4 is 29.1 Å². The van der Waals surface area contributed by atoms with Crippen molar-refractivity contribution < 1.29 is 9.53 Å². The van der Waals surface area contributed by atoms with E-state index >= 15 is 0 Å². The van der Waals surface area contributed by atoms with Crippen molar-refractivity contribution in [3.63, 3.8) is 0 Å². The first-order valence-electron chi connectivity index (χ1n) is 8.19. The van der Waals surface area contributed by atoms with Crippen LogP contribution in [-0.2, 0) is 9.53 Å². The Morgan fingerprint density at radius 2 is 1.96 bits per heavy atom. The van der Waals surface area contributed by atoms with Crippen LogP contribution in [-0.4, -0.2) is 30.5 Å². The van der Waals surface area contributed by atoms with Gasteiger partial charge in [0, 0.05) is 19.0 Å². The average molecular weight is 379 g/mol. The molecule has 1 fully saturated rings. The molecule has 2 aromatic rings. The number of hydrogen-bond acceptors (Lipinski definition) is 3. The number of morpholine rings is 1. The molecular formula is C19H20Cl2N2O2. The Kier molecular flexibility index (Phi) is 5.97.